The summed E-state index contributed by atoms with van der Waals surface area (Å²) in [6.45, 7) is 25.8. The van der Waals surface area contributed by atoms with Crippen LogP contribution in [0.5, 0.6) is 11.5 Å². The molecule has 0 unspecified atom stereocenters. The first-order valence-corrected chi connectivity index (χ1v) is 16.7. The second kappa shape index (κ2) is 13.4. The highest BCUT2D eigenvalue weighted by Gasteiger charge is 2.33. The van der Waals surface area contributed by atoms with Gasteiger partial charge in [0, 0.05) is 48.0 Å². The van der Waals surface area contributed by atoms with Crippen molar-refractivity contribution in [1.82, 2.24) is 10.6 Å². The maximum atomic E-state index is 6.31. The summed E-state index contributed by atoms with van der Waals surface area (Å²) >= 11 is 0. The van der Waals surface area contributed by atoms with Crippen molar-refractivity contribution >= 4 is 5.69 Å². The first kappa shape index (κ1) is 33.6. The maximum absolute atomic E-state index is 6.31. The van der Waals surface area contributed by atoms with Crippen LogP contribution in [0.2, 0.25) is 0 Å². The molecule has 0 spiro atoms. The SMILES string of the molecule is CC(C)(C)Cc1ccc(N2CC[C@@H](NC(C)(C)CCC(C)(C)COc3cccc(O[C@H]4C[C@@H](NC(C)(C)C)C4)c3)C2)cc1. The van der Waals surface area contributed by atoms with Gasteiger partial charge in [0.05, 0.1) is 6.61 Å². The number of anilines is 1. The van der Waals surface area contributed by atoms with E-state index in [4.69, 9.17) is 9.47 Å². The van der Waals surface area contributed by atoms with Gasteiger partial charge in [-0.1, -0.05) is 52.8 Å². The number of rotatable bonds is 13. The van der Waals surface area contributed by atoms with Crippen molar-refractivity contribution in [3.8, 4) is 11.5 Å². The second-order valence-electron chi connectivity index (χ2n) is 17.1. The molecule has 5 heteroatoms. The first-order chi connectivity index (χ1) is 19.9. The molecule has 1 heterocycles. The van der Waals surface area contributed by atoms with Crippen LogP contribution in [0.3, 0.4) is 0 Å². The van der Waals surface area contributed by atoms with Crippen LogP contribution < -0.4 is 25.0 Å². The third-order valence-electron chi connectivity index (χ3n) is 8.72. The van der Waals surface area contributed by atoms with Gasteiger partial charge in [0.15, 0.2) is 0 Å². The molecule has 1 saturated carbocycles. The van der Waals surface area contributed by atoms with Crippen molar-refractivity contribution in [3.63, 3.8) is 0 Å². The van der Waals surface area contributed by atoms with Crippen LogP contribution in [0.25, 0.3) is 0 Å². The van der Waals surface area contributed by atoms with E-state index in [0.717, 1.165) is 56.7 Å². The minimum Gasteiger partial charge on any atom is -0.493 e. The minimum absolute atomic E-state index is 0.0742. The lowest BCUT2D eigenvalue weighted by atomic mass is 9.83. The molecule has 43 heavy (non-hydrogen) atoms. The molecule has 2 fully saturated rings. The van der Waals surface area contributed by atoms with Crippen molar-refractivity contribution < 1.29 is 9.47 Å². The molecule has 2 N–H and O–H groups in total. The molecule has 2 aromatic carbocycles. The lowest BCUT2D eigenvalue weighted by Gasteiger charge is -2.40. The smallest absolute Gasteiger partial charge is 0.123 e. The molecule has 0 bridgehead atoms. The Morgan fingerprint density at radius 1 is 0.791 bits per heavy atom. The predicted octanol–water partition coefficient (Wildman–Crippen LogP) is 8.41. The Morgan fingerprint density at radius 3 is 2.12 bits per heavy atom. The van der Waals surface area contributed by atoms with E-state index in [9.17, 15) is 0 Å². The topological polar surface area (TPSA) is 45.8 Å². The van der Waals surface area contributed by atoms with Crippen molar-refractivity contribution in [3.05, 3.63) is 54.1 Å². The molecule has 0 amide bonds. The average Bonchev–Trinajstić information content (AvgIpc) is 3.32. The van der Waals surface area contributed by atoms with Gasteiger partial charge < -0.3 is 25.0 Å². The number of ether oxygens (including phenoxy) is 2. The van der Waals surface area contributed by atoms with Gasteiger partial charge in [0.1, 0.15) is 17.6 Å². The molecule has 4 rings (SSSR count). The van der Waals surface area contributed by atoms with Crippen molar-refractivity contribution in [2.24, 2.45) is 10.8 Å². The van der Waals surface area contributed by atoms with Gasteiger partial charge in [0.25, 0.3) is 0 Å². The number of hydrogen-bond donors (Lipinski definition) is 2. The monoisotopic (exact) mass is 591 g/mol. The third-order valence-corrected chi connectivity index (χ3v) is 8.72. The van der Waals surface area contributed by atoms with Gasteiger partial charge in [-0.25, -0.2) is 0 Å². The zero-order valence-electron chi connectivity index (χ0n) is 29.0. The fourth-order valence-corrected chi connectivity index (χ4v) is 6.40. The van der Waals surface area contributed by atoms with E-state index in [1.165, 1.54) is 17.7 Å². The Bertz CT molecular complexity index is 1150. The molecular weight excluding hydrogens is 530 g/mol. The van der Waals surface area contributed by atoms with Gasteiger partial charge in [-0.05, 0) is 114 Å². The Morgan fingerprint density at radius 2 is 1.47 bits per heavy atom. The molecule has 240 valence electrons. The Balaban J connectivity index is 1.18. The molecule has 2 aromatic rings. The highest BCUT2D eigenvalue weighted by molar-refractivity contribution is 5.49. The highest BCUT2D eigenvalue weighted by atomic mass is 16.5. The van der Waals surface area contributed by atoms with Crippen LogP contribution in [-0.2, 0) is 6.42 Å². The normalized spacial score (nSPS) is 21.5. The van der Waals surface area contributed by atoms with Crippen LogP contribution in [0.1, 0.15) is 107 Å². The van der Waals surface area contributed by atoms with E-state index in [1.54, 1.807) is 0 Å². The maximum Gasteiger partial charge on any atom is 0.123 e. The Kier molecular flexibility index (Phi) is 10.5. The largest absolute Gasteiger partial charge is 0.493 e. The molecule has 1 atom stereocenters. The van der Waals surface area contributed by atoms with Crippen LogP contribution in [0, 0.1) is 10.8 Å². The summed E-state index contributed by atoms with van der Waals surface area (Å²) < 4.78 is 12.6. The number of nitrogens with one attached hydrogen (secondary N) is 2. The van der Waals surface area contributed by atoms with Gasteiger partial charge in [-0.15, -0.1) is 0 Å². The Hall–Kier alpha value is -2.24. The number of nitrogens with zero attached hydrogens (tertiary/aromatic N) is 1. The summed E-state index contributed by atoms with van der Waals surface area (Å²) in [5.41, 5.74) is 3.40. The van der Waals surface area contributed by atoms with Gasteiger partial charge >= 0.3 is 0 Å². The fraction of sp³-hybridized carbons (Fsp3) is 0.684. The number of benzene rings is 2. The summed E-state index contributed by atoms with van der Waals surface area (Å²) in [7, 11) is 0. The molecule has 1 aliphatic carbocycles. The van der Waals surface area contributed by atoms with E-state index in [-0.39, 0.29) is 22.6 Å². The third kappa shape index (κ3) is 11.3. The van der Waals surface area contributed by atoms with Gasteiger partial charge in [0.2, 0.25) is 0 Å². The van der Waals surface area contributed by atoms with Gasteiger partial charge in [-0.2, -0.15) is 0 Å². The van der Waals surface area contributed by atoms with Crippen molar-refractivity contribution in [2.45, 2.75) is 137 Å². The van der Waals surface area contributed by atoms with E-state index in [1.807, 2.05) is 18.2 Å². The molecule has 0 aromatic heterocycles. The first-order valence-electron chi connectivity index (χ1n) is 16.7. The lowest BCUT2D eigenvalue weighted by molar-refractivity contribution is 0.0729. The van der Waals surface area contributed by atoms with Crippen molar-refractivity contribution in [2.75, 3.05) is 24.6 Å². The lowest BCUT2D eigenvalue weighted by Crippen LogP contribution is -2.53. The summed E-state index contributed by atoms with van der Waals surface area (Å²) in [4.78, 5) is 2.54. The van der Waals surface area contributed by atoms with E-state index in [0.29, 0.717) is 24.1 Å². The van der Waals surface area contributed by atoms with Gasteiger partial charge in [-0.3, -0.25) is 0 Å². The molecular formula is C38H61N3O2. The van der Waals surface area contributed by atoms with Crippen LogP contribution in [-0.4, -0.2) is 49.0 Å². The summed E-state index contributed by atoms with van der Waals surface area (Å²) in [5.74, 6) is 1.80. The zero-order chi connectivity index (χ0) is 31.5. The average molecular weight is 592 g/mol. The molecule has 2 aliphatic rings. The summed E-state index contributed by atoms with van der Waals surface area (Å²) in [5, 5.41) is 7.66. The number of hydrogen-bond acceptors (Lipinski definition) is 5. The Labute approximate surface area is 263 Å². The van der Waals surface area contributed by atoms with Crippen LogP contribution in [0.4, 0.5) is 5.69 Å². The van der Waals surface area contributed by atoms with E-state index >= 15 is 0 Å². The zero-order valence-corrected chi connectivity index (χ0v) is 29.0. The molecule has 5 nitrogen and oxygen atoms in total. The van der Waals surface area contributed by atoms with Crippen LogP contribution in [0.15, 0.2) is 48.5 Å². The fourth-order valence-electron chi connectivity index (χ4n) is 6.40. The predicted molar refractivity (Wildman–Crippen MR) is 183 cm³/mol. The summed E-state index contributed by atoms with van der Waals surface area (Å²) in [6, 6.07) is 18.5. The van der Waals surface area contributed by atoms with Crippen molar-refractivity contribution in [1.29, 1.82) is 0 Å². The summed E-state index contributed by atoms with van der Waals surface area (Å²) in [6.07, 6.45) is 6.91. The molecule has 0 radical (unpaired) electrons. The highest BCUT2D eigenvalue weighted by Crippen LogP contribution is 2.32. The molecule has 1 aliphatic heterocycles. The standard InChI is InChI=1S/C38H61N3O2/c1-35(2,3)25-28-14-16-31(17-15-28)41-21-18-29(26-41)40-38(9,10)20-19-37(7,8)27-42-32-12-11-13-33(24-32)43-34-22-30(23-34)39-36(4,5)6/h11-17,24,29-30,34,39-40H,18-23,25-27H2,1-10H3/t29-,30-,34+/m1/s1. The van der Waals surface area contributed by atoms with E-state index in [2.05, 4.69) is 115 Å². The minimum atomic E-state index is 0.0742. The molecule has 1 saturated heterocycles. The van der Waals surface area contributed by atoms with Crippen LogP contribution >= 0.6 is 0 Å². The quantitative estimate of drug-likeness (QED) is 0.245. The second-order valence-corrected chi connectivity index (χ2v) is 17.1. The van der Waals surface area contributed by atoms with E-state index < -0.39 is 0 Å².